The van der Waals surface area contributed by atoms with Gasteiger partial charge in [-0.1, -0.05) is 6.07 Å². The van der Waals surface area contributed by atoms with Crippen molar-refractivity contribution < 1.29 is 9.53 Å². The third-order valence-corrected chi connectivity index (χ3v) is 2.27. The van der Waals surface area contributed by atoms with Gasteiger partial charge in [-0.05, 0) is 5.56 Å². The highest BCUT2D eigenvalue weighted by Crippen LogP contribution is 2.08. The van der Waals surface area contributed by atoms with Crippen molar-refractivity contribution in [2.45, 2.75) is 6.54 Å². The topological polar surface area (TPSA) is 77.0 Å². The van der Waals surface area contributed by atoms with Gasteiger partial charge in [0.2, 0.25) is 11.8 Å². The zero-order valence-corrected chi connectivity index (χ0v) is 9.83. The summed E-state index contributed by atoms with van der Waals surface area (Å²) in [6.07, 6.45) is 5.35. The fourth-order valence-electron chi connectivity index (χ4n) is 1.31. The molecular formula is C12H12N4O2. The van der Waals surface area contributed by atoms with Gasteiger partial charge in [0.15, 0.2) is 6.29 Å². The lowest BCUT2D eigenvalue weighted by molar-refractivity contribution is 0.112. The summed E-state index contributed by atoms with van der Waals surface area (Å²) in [5, 5.41) is 3.03. The van der Waals surface area contributed by atoms with Crippen LogP contribution < -0.4 is 10.1 Å². The molecule has 0 atom stereocenters. The summed E-state index contributed by atoms with van der Waals surface area (Å²) < 4.78 is 4.97. The van der Waals surface area contributed by atoms with Gasteiger partial charge in [-0.3, -0.25) is 4.79 Å². The molecule has 0 saturated heterocycles. The highest BCUT2D eigenvalue weighted by atomic mass is 16.5. The van der Waals surface area contributed by atoms with Crippen LogP contribution in [0.2, 0.25) is 0 Å². The lowest BCUT2D eigenvalue weighted by Crippen LogP contribution is -2.04. The Balaban J connectivity index is 1.95. The second-order valence-electron chi connectivity index (χ2n) is 3.52. The molecule has 0 unspecified atom stereocenters. The average Bonchev–Trinajstić information content (AvgIpc) is 2.46. The molecule has 6 heteroatoms. The molecule has 0 aliphatic rings. The van der Waals surface area contributed by atoms with Crippen LogP contribution >= 0.6 is 0 Å². The van der Waals surface area contributed by atoms with Crippen molar-refractivity contribution >= 4 is 12.2 Å². The number of hydrogen-bond acceptors (Lipinski definition) is 6. The molecule has 0 amide bonds. The van der Waals surface area contributed by atoms with Gasteiger partial charge in [0.1, 0.15) is 0 Å². The van der Waals surface area contributed by atoms with E-state index in [1.54, 1.807) is 19.4 Å². The molecule has 0 radical (unpaired) electrons. The van der Waals surface area contributed by atoms with Crippen LogP contribution in [0.15, 0.2) is 30.7 Å². The summed E-state index contributed by atoms with van der Waals surface area (Å²) in [7, 11) is 1.57. The van der Waals surface area contributed by atoms with E-state index >= 15 is 0 Å². The number of rotatable bonds is 5. The number of hydrogen-bond donors (Lipinski definition) is 1. The van der Waals surface area contributed by atoms with Gasteiger partial charge < -0.3 is 10.1 Å². The van der Waals surface area contributed by atoms with Gasteiger partial charge >= 0.3 is 0 Å². The second-order valence-corrected chi connectivity index (χ2v) is 3.52. The lowest BCUT2D eigenvalue weighted by atomic mass is 10.3. The summed E-state index contributed by atoms with van der Waals surface area (Å²) >= 11 is 0. The van der Waals surface area contributed by atoms with E-state index in [1.165, 1.54) is 12.4 Å². The second kappa shape index (κ2) is 5.72. The van der Waals surface area contributed by atoms with E-state index in [0.29, 0.717) is 30.2 Å². The molecule has 6 nitrogen and oxygen atoms in total. The number of aromatic nitrogens is 3. The molecule has 0 aromatic carbocycles. The van der Waals surface area contributed by atoms with E-state index in [-0.39, 0.29) is 0 Å². The van der Waals surface area contributed by atoms with Crippen molar-refractivity contribution in [3.8, 4) is 5.88 Å². The maximum atomic E-state index is 10.4. The third-order valence-electron chi connectivity index (χ3n) is 2.27. The fourth-order valence-corrected chi connectivity index (χ4v) is 1.31. The summed E-state index contributed by atoms with van der Waals surface area (Å²) in [4.78, 5) is 22.5. The number of anilines is 1. The van der Waals surface area contributed by atoms with Crippen LogP contribution in [0.25, 0.3) is 0 Å². The first-order chi connectivity index (χ1) is 8.81. The Kier molecular flexibility index (Phi) is 3.80. The summed E-state index contributed by atoms with van der Waals surface area (Å²) in [6.45, 7) is 0.553. The molecule has 18 heavy (non-hydrogen) atoms. The highest BCUT2D eigenvalue weighted by Gasteiger charge is 1.98. The maximum absolute atomic E-state index is 10.4. The number of pyridine rings is 1. The maximum Gasteiger partial charge on any atom is 0.222 e. The molecule has 2 aromatic rings. The van der Waals surface area contributed by atoms with Crippen LogP contribution in [0.4, 0.5) is 5.95 Å². The predicted molar refractivity (Wildman–Crippen MR) is 65.5 cm³/mol. The van der Waals surface area contributed by atoms with E-state index in [1.807, 2.05) is 6.07 Å². The lowest BCUT2D eigenvalue weighted by Gasteiger charge is -2.05. The van der Waals surface area contributed by atoms with Gasteiger partial charge in [0, 0.05) is 31.2 Å². The zero-order valence-electron chi connectivity index (χ0n) is 9.83. The number of nitrogens with zero attached hydrogens (tertiary/aromatic N) is 3. The molecule has 2 aromatic heterocycles. The first-order valence-corrected chi connectivity index (χ1v) is 5.32. The molecule has 0 spiro atoms. The Hall–Kier alpha value is -2.50. The van der Waals surface area contributed by atoms with E-state index in [0.717, 1.165) is 5.56 Å². The Bertz CT molecular complexity index is 511. The van der Waals surface area contributed by atoms with Crippen molar-refractivity contribution in [3.63, 3.8) is 0 Å². The Morgan fingerprint density at radius 3 is 2.56 bits per heavy atom. The van der Waals surface area contributed by atoms with Crippen LogP contribution in [0, 0.1) is 0 Å². The molecule has 1 N–H and O–H groups in total. The number of carbonyl (C=O) groups is 1. The van der Waals surface area contributed by atoms with E-state index < -0.39 is 0 Å². The van der Waals surface area contributed by atoms with Gasteiger partial charge in [-0.25, -0.2) is 15.0 Å². The quantitative estimate of drug-likeness (QED) is 0.799. The number of methoxy groups -OCH3 is 1. The van der Waals surface area contributed by atoms with Crippen molar-refractivity contribution in [3.05, 3.63) is 41.9 Å². The molecule has 0 fully saturated rings. The Morgan fingerprint density at radius 2 is 2.00 bits per heavy atom. The SMILES string of the molecule is COc1ccc(CNc2ncc(C=O)cn2)cn1. The molecule has 2 rings (SSSR count). The van der Waals surface area contributed by atoms with Crippen LogP contribution in [0.1, 0.15) is 15.9 Å². The van der Waals surface area contributed by atoms with E-state index in [9.17, 15) is 4.79 Å². The van der Waals surface area contributed by atoms with Crippen LogP contribution in [-0.4, -0.2) is 28.3 Å². The summed E-state index contributed by atoms with van der Waals surface area (Å²) in [6, 6.07) is 3.69. The summed E-state index contributed by atoms with van der Waals surface area (Å²) in [5.74, 6) is 1.04. The smallest absolute Gasteiger partial charge is 0.222 e. The molecular weight excluding hydrogens is 232 g/mol. The number of ether oxygens (including phenoxy) is 1. The minimum Gasteiger partial charge on any atom is -0.481 e. The first-order valence-electron chi connectivity index (χ1n) is 5.32. The largest absolute Gasteiger partial charge is 0.481 e. The number of nitrogens with one attached hydrogen (secondary N) is 1. The molecule has 2 heterocycles. The summed E-state index contributed by atoms with van der Waals surface area (Å²) in [5.41, 5.74) is 1.44. The Labute approximate surface area is 104 Å². The molecule has 0 aliphatic heterocycles. The first kappa shape index (κ1) is 12.0. The Morgan fingerprint density at radius 1 is 1.22 bits per heavy atom. The molecule has 92 valence electrons. The van der Waals surface area contributed by atoms with Crippen LogP contribution in [-0.2, 0) is 6.54 Å². The predicted octanol–water partition coefficient (Wildman–Crippen LogP) is 1.30. The van der Waals surface area contributed by atoms with E-state index in [4.69, 9.17) is 4.74 Å². The van der Waals surface area contributed by atoms with Crippen molar-refractivity contribution in [2.75, 3.05) is 12.4 Å². The van der Waals surface area contributed by atoms with Crippen molar-refractivity contribution in [1.82, 2.24) is 15.0 Å². The molecule has 0 aliphatic carbocycles. The normalized spacial score (nSPS) is 9.83. The van der Waals surface area contributed by atoms with Gasteiger partial charge in [0.05, 0.1) is 12.7 Å². The third kappa shape index (κ3) is 3.00. The average molecular weight is 244 g/mol. The minimum atomic E-state index is 0.451. The van der Waals surface area contributed by atoms with E-state index in [2.05, 4.69) is 20.3 Å². The zero-order chi connectivity index (χ0) is 12.8. The molecule has 0 bridgehead atoms. The number of aldehydes is 1. The monoisotopic (exact) mass is 244 g/mol. The van der Waals surface area contributed by atoms with Crippen LogP contribution in [0.3, 0.4) is 0 Å². The van der Waals surface area contributed by atoms with Gasteiger partial charge in [-0.2, -0.15) is 0 Å². The van der Waals surface area contributed by atoms with Gasteiger partial charge in [-0.15, -0.1) is 0 Å². The standard InChI is InChI=1S/C12H12N4O2/c1-18-11-3-2-9(4-13-11)5-14-12-15-6-10(8-17)7-16-12/h2-4,6-8H,5H2,1H3,(H,14,15,16). The number of carbonyl (C=O) groups excluding carboxylic acids is 1. The van der Waals surface area contributed by atoms with Crippen LogP contribution in [0.5, 0.6) is 5.88 Å². The molecule has 0 saturated carbocycles. The fraction of sp³-hybridized carbons (Fsp3) is 0.167. The van der Waals surface area contributed by atoms with Gasteiger partial charge in [0.25, 0.3) is 0 Å². The minimum absolute atomic E-state index is 0.451. The highest BCUT2D eigenvalue weighted by molar-refractivity contribution is 5.73. The van der Waals surface area contributed by atoms with Crippen molar-refractivity contribution in [2.24, 2.45) is 0 Å². The van der Waals surface area contributed by atoms with Crippen molar-refractivity contribution in [1.29, 1.82) is 0 Å².